The van der Waals surface area contributed by atoms with Crippen molar-refractivity contribution in [1.82, 2.24) is 14.7 Å². The molecule has 1 fully saturated rings. The van der Waals surface area contributed by atoms with Gasteiger partial charge >= 0.3 is 0 Å². The Kier molecular flexibility index (Phi) is 4.89. The molecule has 0 saturated carbocycles. The van der Waals surface area contributed by atoms with Crippen LogP contribution in [0.25, 0.3) is 5.69 Å². The maximum absolute atomic E-state index is 12.5. The fourth-order valence-electron chi connectivity index (χ4n) is 3.19. The summed E-state index contributed by atoms with van der Waals surface area (Å²) in [6.45, 7) is 4.20. The van der Waals surface area contributed by atoms with E-state index < -0.39 is 0 Å². The average molecular weight is 361 g/mol. The Morgan fingerprint density at radius 3 is 2.33 bits per heavy atom. The van der Waals surface area contributed by atoms with E-state index in [2.05, 4.69) is 39.4 Å². The van der Waals surface area contributed by atoms with Crippen LogP contribution < -0.4 is 10.2 Å². The molecule has 6 heteroatoms. The predicted molar refractivity (Wildman–Crippen MR) is 108 cm³/mol. The first-order valence-electron chi connectivity index (χ1n) is 9.14. The normalized spacial score (nSPS) is 14.9. The molecule has 1 amide bonds. The second-order valence-electron chi connectivity index (χ2n) is 6.80. The van der Waals surface area contributed by atoms with Crippen LogP contribution in [0.4, 0.5) is 11.4 Å². The largest absolute Gasteiger partial charge is 0.369 e. The highest BCUT2D eigenvalue weighted by atomic mass is 16.1. The number of hydrogen-bond donors (Lipinski definition) is 1. The third kappa shape index (κ3) is 4.01. The van der Waals surface area contributed by atoms with Crippen molar-refractivity contribution in [2.45, 2.75) is 0 Å². The lowest BCUT2D eigenvalue weighted by Crippen LogP contribution is -2.44. The molecule has 0 unspecified atom stereocenters. The molecule has 0 atom stereocenters. The van der Waals surface area contributed by atoms with Gasteiger partial charge in [0.05, 0.1) is 17.4 Å². The molecule has 1 saturated heterocycles. The summed E-state index contributed by atoms with van der Waals surface area (Å²) in [7, 11) is 2.15. The molecule has 0 radical (unpaired) electrons. The lowest BCUT2D eigenvalue weighted by Gasteiger charge is -2.34. The summed E-state index contributed by atoms with van der Waals surface area (Å²) in [5.41, 5.74) is 3.43. The molecule has 4 rings (SSSR count). The number of carbonyl (C=O) groups excluding carboxylic acids is 1. The van der Waals surface area contributed by atoms with Crippen LogP contribution >= 0.6 is 0 Å². The Bertz CT molecular complexity index is 896. The number of likely N-dealkylation sites (N-methyl/N-ethyl adjacent to an activating group) is 1. The highest BCUT2D eigenvalue weighted by Gasteiger charge is 2.14. The summed E-state index contributed by atoms with van der Waals surface area (Å²) < 4.78 is 1.70. The Balaban J connectivity index is 1.40. The molecule has 27 heavy (non-hydrogen) atoms. The molecule has 6 nitrogen and oxygen atoms in total. The van der Waals surface area contributed by atoms with Gasteiger partial charge in [0.15, 0.2) is 0 Å². The number of nitrogens with one attached hydrogen (secondary N) is 1. The monoisotopic (exact) mass is 361 g/mol. The molecule has 3 aromatic rings. The Morgan fingerprint density at radius 2 is 1.63 bits per heavy atom. The number of carbonyl (C=O) groups is 1. The summed E-state index contributed by atoms with van der Waals surface area (Å²) in [5, 5.41) is 7.22. The van der Waals surface area contributed by atoms with Crippen molar-refractivity contribution in [2.24, 2.45) is 0 Å². The molecule has 1 aliphatic heterocycles. The number of aromatic nitrogens is 2. The van der Waals surface area contributed by atoms with Crippen molar-refractivity contribution in [3.05, 3.63) is 72.6 Å². The van der Waals surface area contributed by atoms with E-state index >= 15 is 0 Å². The fraction of sp³-hybridized carbons (Fsp3) is 0.238. The minimum absolute atomic E-state index is 0.162. The van der Waals surface area contributed by atoms with Crippen LogP contribution in [-0.2, 0) is 0 Å². The van der Waals surface area contributed by atoms with Crippen LogP contribution in [-0.4, -0.2) is 53.8 Å². The molecule has 0 bridgehead atoms. The van der Waals surface area contributed by atoms with E-state index in [1.165, 1.54) is 5.69 Å². The van der Waals surface area contributed by atoms with Gasteiger partial charge in [0.1, 0.15) is 0 Å². The first-order valence-corrected chi connectivity index (χ1v) is 9.14. The van der Waals surface area contributed by atoms with E-state index in [4.69, 9.17) is 0 Å². The average Bonchev–Trinajstić information content (AvgIpc) is 3.20. The van der Waals surface area contributed by atoms with Gasteiger partial charge in [-0.25, -0.2) is 4.68 Å². The SMILES string of the molecule is CN1CCN(c2ccc(NC(=O)c3cnn(-c4ccccc4)c3)cc2)CC1. The standard InChI is InChI=1S/C21H23N5O/c1-24-11-13-25(14-12-24)19-9-7-18(8-10-19)23-21(27)17-15-22-26(16-17)20-5-3-2-4-6-20/h2-10,15-16H,11-14H2,1H3,(H,23,27). The number of hydrogen-bond acceptors (Lipinski definition) is 4. The maximum atomic E-state index is 12.5. The number of nitrogens with zero attached hydrogens (tertiary/aromatic N) is 4. The summed E-state index contributed by atoms with van der Waals surface area (Å²) in [4.78, 5) is 17.2. The lowest BCUT2D eigenvalue weighted by molar-refractivity contribution is 0.102. The molecule has 2 aromatic carbocycles. The van der Waals surface area contributed by atoms with Gasteiger partial charge in [-0.3, -0.25) is 4.79 Å². The van der Waals surface area contributed by atoms with Crippen LogP contribution in [0.5, 0.6) is 0 Å². The molecule has 0 aliphatic carbocycles. The zero-order valence-corrected chi connectivity index (χ0v) is 15.4. The highest BCUT2D eigenvalue weighted by molar-refractivity contribution is 6.04. The number of amides is 1. The topological polar surface area (TPSA) is 53.4 Å². The molecular formula is C21H23N5O. The third-order valence-corrected chi connectivity index (χ3v) is 4.86. The highest BCUT2D eigenvalue weighted by Crippen LogP contribution is 2.20. The first kappa shape index (κ1) is 17.3. The van der Waals surface area contributed by atoms with Gasteiger partial charge in [-0.15, -0.1) is 0 Å². The first-order chi connectivity index (χ1) is 13.2. The number of benzene rings is 2. The molecule has 1 aromatic heterocycles. The van der Waals surface area contributed by atoms with Gasteiger partial charge < -0.3 is 15.1 Å². The lowest BCUT2D eigenvalue weighted by atomic mass is 10.2. The van der Waals surface area contributed by atoms with Crippen LogP contribution in [0.15, 0.2) is 67.0 Å². The zero-order valence-electron chi connectivity index (χ0n) is 15.4. The van der Waals surface area contributed by atoms with Gasteiger partial charge in [0.2, 0.25) is 0 Å². The van der Waals surface area contributed by atoms with Crippen molar-refractivity contribution in [3.63, 3.8) is 0 Å². The third-order valence-electron chi connectivity index (χ3n) is 4.86. The molecule has 2 heterocycles. The molecule has 138 valence electrons. The van der Waals surface area contributed by atoms with E-state index in [9.17, 15) is 4.79 Å². The number of anilines is 2. The predicted octanol–water partition coefficient (Wildman–Crippen LogP) is 2.88. The molecule has 0 spiro atoms. The fourth-order valence-corrected chi connectivity index (χ4v) is 3.19. The summed E-state index contributed by atoms with van der Waals surface area (Å²) >= 11 is 0. The van der Waals surface area contributed by atoms with Gasteiger partial charge in [-0.05, 0) is 43.4 Å². The van der Waals surface area contributed by atoms with E-state index in [-0.39, 0.29) is 5.91 Å². The zero-order chi connectivity index (χ0) is 18.6. The van der Waals surface area contributed by atoms with Crippen LogP contribution in [0.3, 0.4) is 0 Å². The minimum Gasteiger partial charge on any atom is -0.369 e. The van der Waals surface area contributed by atoms with Gasteiger partial charge in [0, 0.05) is 43.8 Å². The van der Waals surface area contributed by atoms with Crippen molar-refractivity contribution < 1.29 is 4.79 Å². The molecular weight excluding hydrogens is 338 g/mol. The number of para-hydroxylation sites is 1. The van der Waals surface area contributed by atoms with Crippen molar-refractivity contribution >= 4 is 17.3 Å². The summed E-state index contributed by atoms with van der Waals surface area (Å²) in [6, 6.07) is 17.8. The van der Waals surface area contributed by atoms with Crippen molar-refractivity contribution in [1.29, 1.82) is 0 Å². The smallest absolute Gasteiger partial charge is 0.258 e. The Labute approximate surface area is 159 Å². The summed E-state index contributed by atoms with van der Waals surface area (Å²) in [6.07, 6.45) is 3.32. The number of piperazine rings is 1. The summed E-state index contributed by atoms with van der Waals surface area (Å²) in [5.74, 6) is -0.162. The van der Waals surface area contributed by atoms with E-state index in [1.54, 1.807) is 17.1 Å². The maximum Gasteiger partial charge on any atom is 0.258 e. The van der Waals surface area contributed by atoms with E-state index in [0.717, 1.165) is 37.6 Å². The molecule has 1 aliphatic rings. The van der Waals surface area contributed by atoms with Crippen LogP contribution in [0, 0.1) is 0 Å². The quantitative estimate of drug-likeness (QED) is 0.776. The van der Waals surface area contributed by atoms with E-state index in [1.807, 2.05) is 42.5 Å². The Hall–Kier alpha value is -3.12. The van der Waals surface area contributed by atoms with Gasteiger partial charge in [-0.1, -0.05) is 18.2 Å². The Morgan fingerprint density at radius 1 is 0.926 bits per heavy atom. The number of rotatable bonds is 4. The van der Waals surface area contributed by atoms with Gasteiger partial charge in [0.25, 0.3) is 5.91 Å². The minimum atomic E-state index is -0.162. The van der Waals surface area contributed by atoms with Crippen molar-refractivity contribution in [2.75, 3.05) is 43.4 Å². The van der Waals surface area contributed by atoms with Crippen LogP contribution in [0.2, 0.25) is 0 Å². The van der Waals surface area contributed by atoms with E-state index in [0.29, 0.717) is 5.56 Å². The second kappa shape index (κ2) is 7.63. The van der Waals surface area contributed by atoms with Crippen molar-refractivity contribution in [3.8, 4) is 5.69 Å². The van der Waals surface area contributed by atoms with Gasteiger partial charge in [-0.2, -0.15) is 5.10 Å². The second-order valence-corrected chi connectivity index (χ2v) is 6.80. The van der Waals surface area contributed by atoms with Crippen LogP contribution in [0.1, 0.15) is 10.4 Å². The molecule has 1 N–H and O–H groups in total.